The van der Waals surface area contributed by atoms with Gasteiger partial charge < -0.3 is 15.7 Å². The quantitative estimate of drug-likeness (QED) is 0.435. The van der Waals surface area contributed by atoms with E-state index in [4.69, 9.17) is 10.4 Å². The monoisotopic (exact) mass is 225 g/mol. The fourth-order valence-corrected chi connectivity index (χ4v) is 0.762. The van der Waals surface area contributed by atoms with E-state index in [-0.39, 0.29) is 5.57 Å². The minimum absolute atomic E-state index is 0.137. The zero-order chi connectivity index (χ0) is 12.6. The van der Waals surface area contributed by atoms with Crippen molar-refractivity contribution in [2.45, 2.75) is 26.3 Å². The van der Waals surface area contributed by atoms with Gasteiger partial charge in [0.05, 0.1) is 0 Å². The van der Waals surface area contributed by atoms with Gasteiger partial charge in [0, 0.05) is 12.7 Å². The number of carboxylic acid groups (broad SMARTS) is 1. The van der Waals surface area contributed by atoms with Gasteiger partial charge in [-0.25, -0.2) is 0 Å². The fraction of sp³-hybridized carbons (Fsp3) is 0.500. The van der Waals surface area contributed by atoms with Crippen LogP contribution in [0, 0.1) is 11.3 Å². The molecular formula is C10H15N3O3. The zero-order valence-corrected chi connectivity index (χ0v) is 9.28. The Morgan fingerprint density at radius 3 is 2.62 bits per heavy atom. The van der Waals surface area contributed by atoms with Gasteiger partial charge in [-0.3, -0.25) is 9.59 Å². The van der Waals surface area contributed by atoms with Crippen LogP contribution in [0.3, 0.4) is 0 Å². The fourth-order valence-electron chi connectivity index (χ4n) is 0.762. The van der Waals surface area contributed by atoms with Crippen molar-refractivity contribution < 1.29 is 14.7 Å². The van der Waals surface area contributed by atoms with Crippen LogP contribution in [0.2, 0.25) is 0 Å². The lowest BCUT2D eigenvalue weighted by molar-refractivity contribution is -0.138. The van der Waals surface area contributed by atoms with Crippen molar-refractivity contribution in [3.63, 3.8) is 0 Å². The number of carbonyl (C=O) groups is 2. The highest BCUT2D eigenvalue weighted by atomic mass is 16.4. The molecule has 0 fully saturated rings. The highest BCUT2D eigenvalue weighted by Crippen LogP contribution is 1.92. The van der Waals surface area contributed by atoms with E-state index in [0.717, 1.165) is 12.6 Å². The Morgan fingerprint density at radius 1 is 1.56 bits per heavy atom. The van der Waals surface area contributed by atoms with Gasteiger partial charge in [-0.15, -0.1) is 0 Å². The average molecular weight is 225 g/mol. The van der Waals surface area contributed by atoms with Crippen LogP contribution in [0.4, 0.5) is 0 Å². The molecule has 0 aliphatic rings. The molecule has 0 bridgehead atoms. The summed E-state index contributed by atoms with van der Waals surface area (Å²) in [7, 11) is 0. The lowest BCUT2D eigenvalue weighted by atomic mass is 10.2. The first-order valence-electron chi connectivity index (χ1n) is 4.90. The first-order valence-corrected chi connectivity index (χ1v) is 4.90. The second kappa shape index (κ2) is 7.29. The highest BCUT2D eigenvalue weighted by Gasteiger charge is 2.11. The summed E-state index contributed by atoms with van der Waals surface area (Å²) >= 11 is 0. The molecule has 0 heterocycles. The molecular weight excluding hydrogens is 210 g/mol. The molecule has 0 rings (SSSR count). The normalized spacial score (nSPS) is 12.4. The van der Waals surface area contributed by atoms with Gasteiger partial charge in [-0.1, -0.05) is 6.92 Å². The third kappa shape index (κ3) is 5.00. The summed E-state index contributed by atoms with van der Waals surface area (Å²) < 4.78 is 0. The molecule has 0 radical (unpaired) electrons. The SMILES string of the molecule is CCCNC(=O)/C(C#N)=C\NC(C)C(=O)O. The topological polar surface area (TPSA) is 102 Å². The molecule has 0 spiro atoms. The van der Waals surface area contributed by atoms with Crippen molar-refractivity contribution in [3.05, 3.63) is 11.8 Å². The van der Waals surface area contributed by atoms with E-state index in [2.05, 4.69) is 10.6 Å². The number of aliphatic carboxylic acids is 1. The number of carbonyl (C=O) groups excluding carboxylic acids is 1. The van der Waals surface area contributed by atoms with Gasteiger partial charge in [-0.05, 0) is 13.3 Å². The number of nitrogens with one attached hydrogen (secondary N) is 2. The van der Waals surface area contributed by atoms with Crippen molar-refractivity contribution in [1.82, 2.24) is 10.6 Å². The zero-order valence-electron chi connectivity index (χ0n) is 9.28. The first-order chi connectivity index (χ1) is 7.52. The van der Waals surface area contributed by atoms with E-state index in [1.54, 1.807) is 6.07 Å². The van der Waals surface area contributed by atoms with E-state index in [9.17, 15) is 9.59 Å². The van der Waals surface area contributed by atoms with E-state index in [1.165, 1.54) is 6.92 Å². The number of hydrogen-bond acceptors (Lipinski definition) is 4. The number of hydrogen-bond donors (Lipinski definition) is 3. The minimum Gasteiger partial charge on any atom is -0.480 e. The Labute approximate surface area is 93.9 Å². The first kappa shape index (κ1) is 14.0. The van der Waals surface area contributed by atoms with Gasteiger partial charge in [0.2, 0.25) is 0 Å². The average Bonchev–Trinajstić information content (AvgIpc) is 2.26. The van der Waals surface area contributed by atoms with Crippen molar-refractivity contribution >= 4 is 11.9 Å². The molecule has 16 heavy (non-hydrogen) atoms. The maximum Gasteiger partial charge on any atom is 0.325 e. The molecule has 6 nitrogen and oxygen atoms in total. The van der Waals surface area contributed by atoms with Crippen LogP contribution in [-0.2, 0) is 9.59 Å². The second-order valence-corrected chi connectivity index (χ2v) is 3.15. The van der Waals surface area contributed by atoms with Crippen LogP contribution in [0.1, 0.15) is 20.3 Å². The van der Waals surface area contributed by atoms with Gasteiger partial charge in [0.25, 0.3) is 5.91 Å². The van der Waals surface area contributed by atoms with Crippen molar-refractivity contribution in [1.29, 1.82) is 5.26 Å². The molecule has 0 saturated heterocycles. The third-order valence-corrected chi connectivity index (χ3v) is 1.75. The number of amides is 1. The molecule has 1 atom stereocenters. The number of nitriles is 1. The summed E-state index contributed by atoms with van der Waals surface area (Å²) in [4.78, 5) is 21.8. The van der Waals surface area contributed by atoms with Gasteiger partial charge in [0.1, 0.15) is 17.7 Å². The van der Waals surface area contributed by atoms with Crippen molar-refractivity contribution in [3.8, 4) is 6.07 Å². The Hall–Kier alpha value is -2.03. The highest BCUT2D eigenvalue weighted by molar-refractivity contribution is 5.97. The van der Waals surface area contributed by atoms with E-state index in [1.807, 2.05) is 6.92 Å². The Balaban J connectivity index is 4.38. The number of rotatable bonds is 6. The maximum atomic E-state index is 11.3. The molecule has 0 saturated carbocycles. The summed E-state index contributed by atoms with van der Waals surface area (Å²) in [6.45, 7) is 3.78. The summed E-state index contributed by atoms with van der Waals surface area (Å²) in [5, 5.41) is 22.2. The van der Waals surface area contributed by atoms with Crippen molar-refractivity contribution in [2.24, 2.45) is 0 Å². The summed E-state index contributed by atoms with van der Waals surface area (Å²) in [6, 6.07) is 0.854. The van der Waals surface area contributed by atoms with Crippen LogP contribution < -0.4 is 10.6 Å². The van der Waals surface area contributed by atoms with E-state index in [0.29, 0.717) is 6.54 Å². The Morgan fingerprint density at radius 2 is 2.19 bits per heavy atom. The predicted molar refractivity (Wildman–Crippen MR) is 57.2 cm³/mol. The molecule has 1 amide bonds. The second-order valence-electron chi connectivity index (χ2n) is 3.15. The molecule has 88 valence electrons. The van der Waals surface area contributed by atoms with Crippen LogP contribution in [0.25, 0.3) is 0 Å². The van der Waals surface area contributed by atoms with Gasteiger partial charge in [0.15, 0.2) is 0 Å². The number of nitrogens with zero attached hydrogens (tertiary/aromatic N) is 1. The maximum absolute atomic E-state index is 11.3. The number of carboxylic acids is 1. The summed E-state index contributed by atoms with van der Waals surface area (Å²) in [5.74, 6) is -1.56. The Kier molecular flexibility index (Phi) is 6.36. The summed E-state index contributed by atoms with van der Waals surface area (Å²) in [6.07, 6.45) is 1.88. The van der Waals surface area contributed by atoms with Crippen LogP contribution in [0.15, 0.2) is 11.8 Å². The lowest BCUT2D eigenvalue weighted by Gasteiger charge is -2.06. The largest absolute Gasteiger partial charge is 0.480 e. The van der Waals surface area contributed by atoms with Gasteiger partial charge >= 0.3 is 5.97 Å². The molecule has 0 aromatic heterocycles. The van der Waals surface area contributed by atoms with Crippen LogP contribution in [-0.4, -0.2) is 29.6 Å². The molecule has 6 heteroatoms. The molecule has 3 N–H and O–H groups in total. The molecule has 0 aliphatic heterocycles. The van der Waals surface area contributed by atoms with Crippen LogP contribution in [0.5, 0.6) is 0 Å². The van der Waals surface area contributed by atoms with Gasteiger partial charge in [-0.2, -0.15) is 5.26 Å². The Bertz CT molecular complexity index is 331. The smallest absolute Gasteiger partial charge is 0.325 e. The standard InChI is InChI=1S/C10H15N3O3/c1-3-4-12-9(14)8(5-11)6-13-7(2)10(15)16/h6-7,13H,3-4H2,1-2H3,(H,12,14)(H,15,16)/b8-6-. The van der Waals surface area contributed by atoms with Crippen molar-refractivity contribution in [2.75, 3.05) is 6.54 Å². The minimum atomic E-state index is -1.05. The molecule has 0 aromatic rings. The van der Waals surface area contributed by atoms with Crippen LogP contribution >= 0.6 is 0 Å². The summed E-state index contributed by atoms with van der Waals surface area (Å²) in [5.41, 5.74) is -0.137. The molecule has 0 aliphatic carbocycles. The molecule has 0 aromatic carbocycles. The predicted octanol–water partition coefficient (Wildman–Crippen LogP) is -0.0172. The molecule has 1 unspecified atom stereocenters. The van der Waals surface area contributed by atoms with E-state index >= 15 is 0 Å². The third-order valence-electron chi connectivity index (χ3n) is 1.75. The lowest BCUT2D eigenvalue weighted by Crippen LogP contribution is -2.32. The van der Waals surface area contributed by atoms with E-state index < -0.39 is 17.9 Å².